The first kappa shape index (κ1) is 24.4. The molecule has 2 atom stereocenters. The van der Waals surface area contributed by atoms with Crippen molar-refractivity contribution in [2.24, 2.45) is 5.73 Å². The number of pyridine rings is 1. The molecule has 0 bridgehead atoms. The summed E-state index contributed by atoms with van der Waals surface area (Å²) >= 11 is 0. The van der Waals surface area contributed by atoms with Crippen LogP contribution >= 0.6 is 24.8 Å². The molecule has 1 aliphatic rings. The fraction of sp³-hybridized carbons (Fsp3) is 0.588. The molecule has 1 saturated heterocycles. The van der Waals surface area contributed by atoms with Gasteiger partial charge in [0.1, 0.15) is 5.75 Å². The predicted molar refractivity (Wildman–Crippen MR) is 105 cm³/mol. The van der Waals surface area contributed by atoms with E-state index in [9.17, 15) is 9.59 Å². The Morgan fingerprint density at radius 2 is 2.19 bits per heavy atom. The Bertz CT molecular complexity index is 548. The largest absolute Gasteiger partial charge is 0.479 e. The van der Waals surface area contributed by atoms with Crippen LogP contribution in [0.4, 0.5) is 0 Å². The first-order chi connectivity index (χ1) is 11.6. The first-order valence-corrected chi connectivity index (χ1v) is 8.45. The molecule has 9 heteroatoms. The van der Waals surface area contributed by atoms with E-state index in [1.54, 1.807) is 31.5 Å². The van der Waals surface area contributed by atoms with E-state index in [4.69, 9.17) is 10.5 Å². The van der Waals surface area contributed by atoms with Crippen LogP contribution in [0.3, 0.4) is 0 Å². The summed E-state index contributed by atoms with van der Waals surface area (Å²) in [5, 5.41) is 2.86. The van der Waals surface area contributed by atoms with Crippen LogP contribution in [0, 0.1) is 0 Å². The van der Waals surface area contributed by atoms with Crippen molar-refractivity contribution < 1.29 is 14.3 Å². The number of nitrogens with two attached hydrogens (primary N) is 1. The molecule has 0 aromatic carbocycles. The maximum atomic E-state index is 12.7. The zero-order valence-electron chi connectivity index (χ0n) is 14.9. The minimum absolute atomic E-state index is 0. The van der Waals surface area contributed by atoms with Crippen molar-refractivity contribution >= 4 is 36.6 Å². The molecule has 1 fully saturated rings. The molecule has 0 spiro atoms. The summed E-state index contributed by atoms with van der Waals surface area (Å²) in [7, 11) is 0. The number of nitrogens with one attached hydrogen (secondary N) is 1. The van der Waals surface area contributed by atoms with E-state index in [0.717, 1.165) is 19.3 Å². The Morgan fingerprint density at radius 1 is 1.42 bits per heavy atom. The van der Waals surface area contributed by atoms with Crippen molar-refractivity contribution in [3.8, 4) is 5.75 Å². The summed E-state index contributed by atoms with van der Waals surface area (Å²) in [6.45, 7) is 3.23. The van der Waals surface area contributed by atoms with Gasteiger partial charge in [0.25, 0.3) is 5.91 Å². The van der Waals surface area contributed by atoms with Crippen LogP contribution in [0.25, 0.3) is 0 Å². The number of aromatic nitrogens is 1. The van der Waals surface area contributed by atoms with Gasteiger partial charge >= 0.3 is 0 Å². The number of ether oxygens (including phenoxy) is 1. The van der Waals surface area contributed by atoms with Crippen molar-refractivity contribution in [2.45, 2.75) is 44.8 Å². The number of piperidine rings is 1. The number of likely N-dealkylation sites (tertiary alicyclic amines) is 1. The zero-order chi connectivity index (χ0) is 17.4. The van der Waals surface area contributed by atoms with E-state index in [-0.39, 0.29) is 42.7 Å². The Balaban J connectivity index is 0.00000312. The SMILES string of the molecule is CC(Oc1cccnc1)C(=O)N1CCCCC1CNC(=O)CCN.Cl.Cl. The van der Waals surface area contributed by atoms with Gasteiger partial charge < -0.3 is 20.7 Å². The number of hydrogen-bond acceptors (Lipinski definition) is 5. The lowest BCUT2D eigenvalue weighted by molar-refractivity contribution is -0.142. The standard InChI is InChI=1S/C17H26N4O3.2ClH/c1-13(24-15-6-4-9-19-12-15)17(23)21-10-3-2-5-14(21)11-20-16(22)7-8-18;;/h4,6,9,12-14H,2-3,5,7-8,10-11,18H2,1H3,(H,20,22);2*1H. The average molecular weight is 407 g/mol. The van der Waals surface area contributed by atoms with Crippen molar-refractivity contribution in [3.63, 3.8) is 0 Å². The molecule has 3 N–H and O–H groups in total. The van der Waals surface area contributed by atoms with E-state index < -0.39 is 6.10 Å². The van der Waals surface area contributed by atoms with Crippen LogP contribution in [-0.2, 0) is 9.59 Å². The van der Waals surface area contributed by atoms with Crippen LogP contribution in [-0.4, -0.2) is 53.5 Å². The minimum atomic E-state index is -0.588. The predicted octanol–water partition coefficient (Wildman–Crippen LogP) is 1.54. The van der Waals surface area contributed by atoms with Gasteiger partial charge in [0.15, 0.2) is 6.10 Å². The molecule has 7 nitrogen and oxygen atoms in total. The normalized spacial score (nSPS) is 17.3. The maximum absolute atomic E-state index is 12.7. The zero-order valence-corrected chi connectivity index (χ0v) is 16.6. The number of rotatable bonds is 7. The molecular weight excluding hydrogens is 379 g/mol. The molecular formula is C17H28Cl2N4O3. The third kappa shape index (κ3) is 7.35. The van der Waals surface area contributed by atoms with Gasteiger partial charge in [-0.2, -0.15) is 0 Å². The van der Waals surface area contributed by atoms with Gasteiger partial charge in [-0.3, -0.25) is 14.6 Å². The smallest absolute Gasteiger partial charge is 0.263 e. The molecule has 2 rings (SSSR count). The molecule has 1 aromatic rings. The van der Waals surface area contributed by atoms with Crippen molar-refractivity contribution in [2.75, 3.05) is 19.6 Å². The average Bonchev–Trinajstić information content (AvgIpc) is 2.60. The molecule has 1 aromatic heterocycles. The second-order valence-electron chi connectivity index (χ2n) is 5.97. The van der Waals surface area contributed by atoms with Gasteiger partial charge in [-0.25, -0.2) is 0 Å². The monoisotopic (exact) mass is 406 g/mol. The van der Waals surface area contributed by atoms with E-state index in [1.807, 2.05) is 4.90 Å². The maximum Gasteiger partial charge on any atom is 0.263 e. The van der Waals surface area contributed by atoms with Crippen LogP contribution in [0.15, 0.2) is 24.5 Å². The number of nitrogens with zero attached hydrogens (tertiary/aromatic N) is 2. The number of amides is 2. The summed E-state index contributed by atoms with van der Waals surface area (Å²) in [6, 6.07) is 3.55. The Kier molecular flexibility index (Phi) is 12.0. The summed E-state index contributed by atoms with van der Waals surface area (Å²) < 4.78 is 5.68. The number of carbonyl (C=O) groups excluding carboxylic acids is 2. The van der Waals surface area contributed by atoms with Crippen molar-refractivity contribution in [1.29, 1.82) is 0 Å². The molecule has 0 saturated carbocycles. The molecule has 26 heavy (non-hydrogen) atoms. The highest BCUT2D eigenvalue weighted by Gasteiger charge is 2.30. The van der Waals surface area contributed by atoms with Gasteiger partial charge in [-0.05, 0) is 38.3 Å². The molecule has 0 aliphatic carbocycles. The van der Waals surface area contributed by atoms with Gasteiger partial charge in [-0.15, -0.1) is 24.8 Å². The fourth-order valence-corrected chi connectivity index (χ4v) is 2.86. The highest BCUT2D eigenvalue weighted by atomic mass is 35.5. The lowest BCUT2D eigenvalue weighted by Crippen LogP contribution is -2.52. The fourth-order valence-electron chi connectivity index (χ4n) is 2.86. The quantitative estimate of drug-likeness (QED) is 0.715. The van der Waals surface area contributed by atoms with E-state index in [1.165, 1.54) is 0 Å². The molecule has 2 amide bonds. The Morgan fingerprint density at radius 3 is 2.85 bits per heavy atom. The van der Waals surface area contributed by atoms with Gasteiger partial charge in [0.05, 0.1) is 6.20 Å². The first-order valence-electron chi connectivity index (χ1n) is 8.45. The summed E-state index contributed by atoms with van der Waals surface area (Å²) in [4.78, 5) is 30.2. The molecule has 2 unspecified atom stereocenters. The van der Waals surface area contributed by atoms with Gasteiger partial charge in [0.2, 0.25) is 5.91 Å². The number of carbonyl (C=O) groups is 2. The molecule has 1 aliphatic heterocycles. The molecule has 2 heterocycles. The van der Waals surface area contributed by atoms with Crippen LogP contribution in [0.5, 0.6) is 5.75 Å². The summed E-state index contributed by atoms with van der Waals surface area (Å²) in [6.07, 6.45) is 5.87. The van der Waals surface area contributed by atoms with Crippen molar-refractivity contribution in [3.05, 3.63) is 24.5 Å². The third-order valence-corrected chi connectivity index (χ3v) is 4.11. The Hall–Kier alpha value is -1.57. The van der Waals surface area contributed by atoms with Crippen LogP contribution in [0.1, 0.15) is 32.6 Å². The van der Waals surface area contributed by atoms with E-state index in [0.29, 0.717) is 31.8 Å². The van der Waals surface area contributed by atoms with E-state index >= 15 is 0 Å². The summed E-state index contributed by atoms with van der Waals surface area (Å²) in [5.74, 6) is 0.440. The second kappa shape index (κ2) is 12.7. The lowest BCUT2D eigenvalue weighted by Gasteiger charge is -2.37. The third-order valence-electron chi connectivity index (χ3n) is 4.11. The highest BCUT2D eigenvalue weighted by molar-refractivity contribution is 5.85. The molecule has 0 radical (unpaired) electrons. The highest BCUT2D eigenvalue weighted by Crippen LogP contribution is 2.19. The van der Waals surface area contributed by atoms with Crippen LogP contribution < -0.4 is 15.8 Å². The lowest BCUT2D eigenvalue weighted by atomic mass is 10.0. The number of halogens is 2. The van der Waals surface area contributed by atoms with Crippen LogP contribution in [0.2, 0.25) is 0 Å². The minimum Gasteiger partial charge on any atom is -0.479 e. The topological polar surface area (TPSA) is 97.5 Å². The van der Waals surface area contributed by atoms with Gasteiger partial charge in [0, 0.05) is 38.3 Å². The second-order valence-corrected chi connectivity index (χ2v) is 5.97. The van der Waals surface area contributed by atoms with E-state index in [2.05, 4.69) is 10.3 Å². The van der Waals surface area contributed by atoms with Crippen molar-refractivity contribution in [1.82, 2.24) is 15.2 Å². The number of hydrogen-bond donors (Lipinski definition) is 2. The Labute approximate surface area is 166 Å². The van der Waals surface area contributed by atoms with Gasteiger partial charge in [-0.1, -0.05) is 0 Å². The summed E-state index contributed by atoms with van der Waals surface area (Å²) in [5.41, 5.74) is 5.38. The molecule has 148 valence electrons.